The van der Waals surface area contributed by atoms with Crippen LogP contribution in [0.15, 0.2) is 0 Å². The first-order chi connectivity index (χ1) is 4.02. The van der Waals surface area contributed by atoms with E-state index in [4.69, 9.17) is 14.9 Å². The monoisotopic (exact) mass is 149 g/mol. The first kappa shape index (κ1) is 9.10. The van der Waals surface area contributed by atoms with Crippen LogP contribution in [0.1, 0.15) is 0 Å². The fourth-order valence-corrected chi connectivity index (χ4v) is 1.92. The van der Waals surface area contributed by atoms with Gasteiger partial charge in [-0.05, 0) is 0 Å². The molecule has 0 bridgehead atoms. The van der Waals surface area contributed by atoms with Gasteiger partial charge in [0.2, 0.25) is 0 Å². The van der Waals surface area contributed by atoms with Crippen molar-refractivity contribution in [1.82, 2.24) is 0 Å². The second-order valence-corrected chi connectivity index (χ2v) is 6.74. The Labute approximate surface area is 57.2 Å². The van der Waals surface area contributed by atoms with Gasteiger partial charge in [0.15, 0.2) is 14.1 Å². The largest absolute Gasteiger partial charge is 0.358 e. The predicted octanol–water partition coefficient (Wildman–Crippen LogP) is 0.308. The lowest BCUT2D eigenvalue weighted by Gasteiger charge is -2.24. The van der Waals surface area contributed by atoms with Crippen LogP contribution in [0.25, 0.3) is 0 Å². The molecule has 0 aliphatic heterocycles. The fourth-order valence-electron chi connectivity index (χ4n) is 0.704. The van der Waals surface area contributed by atoms with E-state index in [0.29, 0.717) is 0 Å². The van der Waals surface area contributed by atoms with Gasteiger partial charge in [-0.15, -0.1) is 0 Å². The molecule has 56 valence electrons. The Bertz CT molecular complexity index is 77.5. The van der Waals surface area contributed by atoms with Crippen LogP contribution in [0.4, 0.5) is 0 Å². The molecule has 0 spiro atoms. The Hall–Kier alpha value is 0.0969. The lowest BCUT2D eigenvalue weighted by atomic mass is 11.3. The predicted molar refractivity (Wildman–Crippen MR) is 39.5 cm³/mol. The van der Waals surface area contributed by atoms with Crippen molar-refractivity contribution < 1.29 is 9.47 Å². The standard InChI is InChI=1S/C5H15NO2Si/c1-7-5(8-2)9(3,4)6/h5H,6H2,1-4H3. The Morgan fingerprint density at radius 3 is 1.56 bits per heavy atom. The van der Waals surface area contributed by atoms with Crippen molar-refractivity contribution in [3.63, 3.8) is 0 Å². The van der Waals surface area contributed by atoms with Gasteiger partial charge in [0, 0.05) is 14.2 Å². The minimum Gasteiger partial charge on any atom is -0.358 e. The summed E-state index contributed by atoms with van der Waals surface area (Å²) in [5.41, 5.74) is 0. The van der Waals surface area contributed by atoms with E-state index in [1.54, 1.807) is 14.2 Å². The zero-order chi connectivity index (χ0) is 7.49. The molecule has 0 atom stereocenters. The van der Waals surface area contributed by atoms with Crippen LogP contribution in [0.2, 0.25) is 13.1 Å². The first-order valence-corrected chi connectivity index (χ1v) is 6.02. The molecule has 0 aromatic carbocycles. The summed E-state index contributed by atoms with van der Waals surface area (Å²) in [4.78, 5) is 0. The van der Waals surface area contributed by atoms with Gasteiger partial charge in [-0.3, -0.25) is 0 Å². The number of hydrogen-bond donors (Lipinski definition) is 1. The van der Waals surface area contributed by atoms with Gasteiger partial charge in [0.25, 0.3) is 0 Å². The summed E-state index contributed by atoms with van der Waals surface area (Å²) in [7, 11) is 1.48. The molecular formula is C5H15NO2Si. The molecule has 0 saturated heterocycles. The van der Waals surface area contributed by atoms with Gasteiger partial charge >= 0.3 is 0 Å². The summed E-state index contributed by atoms with van der Waals surface area (Å²) >= 11 is 0. The van der Waals surface area contributed by atoms with E-state index in [-0.39, 0.29) is 5.91 Å². The summed E-state index contributed by atoms with van der Waals surface area (Å²) in [6.45, 7) is 3.98. The maximum absolute atomic E-state index is 5.79. The molecule has 0 amide bonds. The Morgan fingerprint density at radius 1 is 1.22 bits per heavy atom. The minimum atomic E-state index is -1.73. The quantitative estimate of drug-likeness (QED) is 0.464. The van der Waals surface area contributed by atoms with E-state index < -0.39 is 8.24 Å². The van der Waals surface area contributed by atoms with Crippen LogP contribution in [0, 0.1) is 0 Å². The summed E-state index contributed by atoms with van der Waals surface area (Å²) in [6, 6.07) is 0. The van der Waals surface area contributed by atoms with E-state index in [0.717, 1.165) is 0 Å². The highest BCUT2D eigenvalue weighted by atomic mass is 28.3. The van der Waals surface area contributed by atoms with Gasteiger partial charge in [0.1, 0.15) is 0 Å². The summed E-state index contributed by atoms with van der Waals surface area (Å²) < 4.78 is 9.96. The second-order valence-electron chi connectivity index (χ2n) is 2.62. The molecule has 0 radical (unpaired) electrons. The molecule has 2 N–H and O–H groups in total. The average molecular weight is 149 g/mol. The van der Waals surface area contributed by atoms with E-state index in [2.05, 4.69) is 0 Å². The van der Waals surface area contributed by atoms with Crippen molar-refractivity contribution in [3.05, 3.63) is 0 Å². The van der Waals surface area contributed by atoms with Gasteiger partial charge in [-0.1, -0.05) is 13.1 Å². The maximum atomic E-state index is 5.79. The molecule has 9 heavy (non-hydrogen) atoms. The SMILES string of the molecule is COC(OC)[Si](C)(C)N. The van der Waals surface area contributed by atoms with E-state index >= 15 is 0 Å². The van der Waals surface area contributed by atoms with Crippen LogP contribution in [0.5, 0.6) is 0 Å². The zero-order valence-electron chi connectivity index (χ0n) is 6.47. The minimum absolute atomic E-state index is 0.183. The maximum Gasteiger partial charge on any atom is 0.182 e. The molecule has 0 aromatic rings. The molecular weight excluding hydrogens is 134 g/mol. The number of rotatable bonds is 3. The van der Waals surface area contributed by atoms with E-state index in [1.807, 2.05) is 13.1 Å². The van der Waals surface area contributed by atoms with Gasteiger partial charge in [-0.25, -0.2) is 0 Å². The third kappa shape index (κ3) is 2.95. The van der Waals surface area contributed by atoms with Crippen LogP contribution in [-0.4, -0.2) is 28.4 Å². The Balaban J connectivity index is 3.79. The van der Waals surface area contributed by atoms with Crippen LogP contribution in [0.3, 0.4) is 0 Å². The lowest BCUT2D eigenvalue weighted by molar-refractivity contribution is -0.0501. The lowest BCUT2D eigenvalue weighted by Crippen LogP contribution is -2.52. The van der Waals surface area contributed by atoms with Crippen molar-refractivity contribution in [2.24, 2.45) is 5.40 Å². The zero-order valence-corrected chi connectivity index (χ0v) is 7.47. The van der Waals surface area contributed by atoms with Crippen LogP contribution in [-0.2, 0) is 9.47 Å². The van der Waals surface area contributed by atoms with E-state index in [9.17, 15) is 0 Å². The van der Waals surface area contributed by atoms with Gasteiger partial charge in [-0.2, -0.15) is 0 Å². The molecule has 0 heterocycles. The highest BCUT2D eigenvalue weighted by molar-refractivity contribution is 6.75. The molecule has 0 aliphatic carbocycles. The van der Waals surface area contributed by atoms with Crippen molar-refractivity contribution in [2.45, 2.75) is 19.0 Å². The third-order valence-corrected chi connectivity index (χ3v) is 2.72. The summed E-state index contributed by atoms with van der Waals surface area (Å²) in [6.07, 6.45) is 0. The molecule has 0 saturated carbocycles. The smallest absolute Gasteiger partial charge is 0.182 e. The average Bonchev–Trinajstić information content (AvgIpc) is 1.65. The third-order valence-electron chi connectivity index (χ3n) is 1.04. The molecule has 4 heteroatoms. The van der Waals surface area contributed by atoms with Crippen molar-refractivity contribution >= 4 is 8.24 Å². The number of methoxy groups -OCH3 is 2. The molecule has 3 nitrogen and oxygen atoms in total. The number of ether oxygens (including phenoxy) is 2. The number of hydrogen-bond acceptors (Lipinski definition) is 3. The van der Waals surface area contributed by atoms with Crippen molar-refractivity contribution in [3.8, 4) is 0 Å². The van der Waals surface area contributed by atoms with Crippen LogP contribution >= 0.6 is 0 Å². The first-order valence-electron chi connectivity index (χ1n) is 2.87. The van der Waals surface area contributed by atoms with Gasteiger partial charge in [0.05, 0.1) is 0 Å². The normalized spacial score (nSPS) is 12.7. The highest BCUT2D eigenvalue weighted by Gasteiger charge is 2.27. The molecule has 0 rings (SSSR count). The second kappa shape index (κ2) is 3.31. The van der Waals surface area contributed by atoms with Crippen molar-refractivity contribution in [1.29, 1.82) is 0 Å². The van der Waals surface area contributed by atoms with E-state index in [1.165, 1.54) is 0 Å². The number of nitrogens with two attached hydrogens (primary N) is 1. The Kier molecular flexibility index (Phi) is 3.35. The summed E-state index contributed by atoms with van der Waals surface area (Å²) in [5.74, 6) is -0.183. The fraction of sp³-hybridized carbons (Fsp3) is 1.00. The molecule has 0 fully saturated rings. The van der Waals surface area contributed by atoms with Crippen LogP contribution < -0.4 is 5.40 Å². The molecule has 0 aromatic heterocycles. The topological polar surface area (TPSA) is 44.5 Å². The van der Waals surface area contributed by atoms with Crippen molar-refractivity contribution in [2.75, 3.05) is 14.2 Å². The molecule has 0 aliphatic rings. The highest BCUT2D eigenvalue weighted by Crippen LogP contribution is 2.03. The van der Waals surface area contributed by atoms with Gasteiger partial charge < -0.3 is 14.9 Å². The summed E-state index contributed by atoms with van der Waals surface area (Å²) in [5, 5.41) is 5.79. The molecule has 0 unspecified atom stereocenters. The Morgan fingerprint density at radius 2 is 1.56 bits per heavy atom.